The molecule has 1 heterocycles. The number of aryl methyl sites for hydroxylation is 1. The van der Waals surface area contributed by atoms with Crippen LogP contribution in [0, 0.1) is 11.8 Å². The Morgan fingerprint density at radius 3 is 2.39 bits per heavy atom. The Hall–Kier alpha value is -1.08. The first-order valence-corrected chi connectivity index (χ1v) is 9.57. The first-order chi connectivity index (χ1) is 11.2. The van der Waals surface area contributed by atoms with Crippen molar-refractivity contribution in [1.29, 1.82) is 0 Å². The molecule has 1 aromatic rings. The molecular formula is C22H32O. The number of benzene rings is 1. The highest BCUT2D eigenvalue weighted by Crippen LogP contribution is 2.36. The van der Waals surface area contributed by atoms with E-state index in [2.05, 4.69) is 43.8 Å². The third-order valence-corrected chi connectivity index (χ3v) is 5.91. The summed E-state index contributed by atoms with van der Waals surface area (Å²) in [6.07, 6.45) is 12.8. The van der Waals surface area contributed by atoms with Crippen LogP contribution in [0.1, 0.15) is 68.9 Å². The summed E-state index contributed by atoms with van der Waals surface area (Å²) in [4.78, 5) is 0. The third kappa shape index (κ3) is 4.70. The molecular weight excluding hydrogens is 280 g/mol. The molecule has 1 aliphatic heterocycles. The molecule has 23 heavy (non-hydrogen) atoms. The Bertz CT molecular complexity index is 473. The van der Waals surface area contributed by atoms with Crippen molar-refractivity contribution in [3.05, 3.63) is 48.0 Å². The fraction of sp³-hybridized carbons (Fsp3) is 0.636. The Kier molecular flexibility index (Phi) is 5.94. The van der Waals surface area contributed by atoms with Gasteiger partial charge in [0.05, 0.1) is 6.10 Å². The molecule has 2 fully saturated rings. The lowest BCUT2D eigenvalue weighted by atomic mass is 9.78. The fourth-order valence-corrected chi connectivity index (χ4v) is 4.14. The lowest BCUT2D eigenvalue weighted by Gasteiger charge is -2.27. The molecule has 2 unspecified atom stereocenters. The molecule has 1 heteroatoms. The van der Waals surface area contributed by atoms with Gasteiger partial charge in [-0.3, -0.25) is 0 Å². The molecule has 0 N–H and O–H groups in total. The molecule has 0 radical (unpaired) electrons. The van der Waals surface area contributed by atoms with Gasteiger partial charge in [0.15, 0.2) is 0 Å². The highest BCUT2D eigenvalue weighted by atomic mass is 16.5. The van der Waals surface area contributed by atoms with Crippen LogP contribution in [-0.4, -0.2) is 12.7 Å². The summed E-state index contributed by atoms with van der Waals surface area (Å²) >= 11 is 0. The second kappa shape index (κ2) is 8.15. The molecule has 1 aliphatic carbocycles. The molecule has 0 aromatic heterocycles. The standard InChI is InChI=1S/C22H32O/c1-3-18-5-10-20(11-6-18)21-12-7-19(8-13-21)9-15-22-14-4-17(2)16-23-22/h3,7-8,12-13,17-18,20,22H,1,4-6,9-11,14-16H2,2H3. The Balaban J connectivity index is 1.46. The van der Waals surface area contributed by atoms with Crippen molar-refractivity contribution in [3.8, 4) is 0 Å². The monoisotopic (exact) mass is 312 g/mol. The van der Waals surface area contributed by atoms with Gasteiger partial charge in [-0.15, -0.1) is 6.58 Å². The van der Waals surface area contributed by atoms with Crippen molar-refractivity contribution >= 4 is 0 Å². The zero-order valence-corrected chi connectivity index (χ0v) is 14.7. The van der Waals surface area contributed by atoms with Gasteiger partial charge in [-0.2, -0.15) is 0 Å². The van der Waals surface area contributed by atoms with Crippen molar-refractivity contribution < 1.29 is 4.74 Å². The number of hydrogen-bond acceptors (Lipinski definition) is 1. The minimum absolute atomic E-state index is 0.486. The predicted octanol–water partition coefficient (Wildman–Crippen LogP) is 5.89. The van der Waals surface area contributed by atoms with Crippen molar-refractivity contribution in [2.75, 3.05) is 6.61 Å². The van der Waals surface area contributed by atoms with Crippen LogP contribution in [0.2, 0.25) is 0 Å². The molecule has 1 saturated heterocycles. The molecule has 3 rings (SSSR count). The van der Waals surface area contributed by atoms with Crippen LogP contribution in [-0.2, 0) is 11.2 Å². The molecule has 1 nitrogen and oxygen atoms in total. The zero-order valence-electron chi connectivity index (χ0n) is 14.7. The van der Waals surface area contributed by atoms with E-state index in [0.29, 0.717) is 6.10 Å². The Labute approximate surface area is 142 Å². The van der Waals surface area contributed by atoms with E-state index in [1.807, 2.05) is 0 Å². The topological polar surface area (TPSA) is 9.23 Å². The summed E-state index contributed by atoms with van der Waals surface area (Å²) in [5.74, 6) is 2.27. The van der Waals surface area contributed by atoms with Gasteiger partial charge in [0, 0.05) is 6.61 Å². The van der Waals surface area contributed by atoms with Gasteiger partial charge in [0.1, 0.15) is 0 Å². The summed E-state index contributed by atoms with van der Waals surface area (Å²) in [5.41, 5.74) is 3.01. The first-order valence-electron chi connectivity index (χ1n) is 9.57. The minimum Gasteiger partial charge on any atom is -0.378 e. The molecule has 2 atom stereocenters. The Morgan fingerprint density at radius 2 is 1.78 bits per heavy atom. The molecule has 1 saturated carbocycles. The van der Waals surface area contributed by atoms with Crippen LogP contribution in [0.25, 0.3) is 0 Å². The molecule has 0 amide bonds. The van der Waals surface area contributed by atoms with Crippen LogP contribution in [0.15, 0.2) is 36.9 Å². The first kappa shape index (κ1) is 16.8. The molecule has 2 aliphatic rings. The molecule has 126 valence electrons. The maximum absolute atomic E-state index is 5.94. The number of rotatable bonds is 5. The second-order valence-corrected chi connectivity index (χ2v) is 7.77. The van der Waals surface area contributed by atoms with Crippen molar-refractivity contribution in [3.63, 3.8) is 0 Å². The van der Waals surface area contributed by atoms with E-state index in [1.165, 1.54) is 50.5 Å². The highest BCUT2D eigenvalue weighted by molar-refractivity contribution is 5.26. The van der Waals surface area contributed by atoms with Crippen molar-refractivity contribution in [2.45, 2.75) is 70.3 Å². The lowest BCUT2D eigenvalue weighted by molar-refractivity contribution is -0.0147. The zero-order chi connectivity index (χ0) is 16.1. The maximum atomic E-state index is 5.94. The molecule has 1 aromatic carbocycles. The van der Waals surface area contributed by atoms with Crippen LogP contribution < -0.4 is 0 Å². The van der Waals surface area contributed by atoms with E-state index in [1.54, 1.807) is 5.56 Å². The van der Waals surface area contributed by atoms with E-state index < -0.39 is 0 Å². The summed E-state index contributed by atoms with van der Waals surface area (Å²) in [5, 5.41) is 0. The van der Waals surface area contributed by atoms with Gasteiger partial charge in [-0.1, -0.05) is 37.3 Å². The summed E-state index contributed by atoms with van der Waals surface area (Å²) in [6.45, 7) is 7.19. The maximum Gasteiger partial charge on any atom is 0.0578 e. The van der Waals surface area contributed by atoms with Crippen molar-refractivity contribution in [1.82, 2.24) is 0 Å². The predicted molar refractivity (Wildman–Crippen MR) is 97.8 cm³/mol. The fourth-order valence-electron chi connectivity index (χ4n) is 4.14. The molecule has 0 spiro atoms. The minimum atomic E-state index is 0.486. The van der Waals surface area contributed by atoms with E-state index in [9.17, 15) is 0 Å². The van der Waals surface area contributed by atoms with E-state index in [4.69, 9.17) is 4.74 Å². The number of ether oxygens (including phenoxy) is 1. The lowest BCUT2D eigenvalue weighted by Crippen LogP contribution is -2.24. The summed E-state index contributed by atoms with van der Waals surface area (Å²) in [7, 11) is 0. The van der Waals surface area contributed by atoms with Crippen LogP contribution in [0.3, 0.4) is 0 Å². The van der Waals surface area contributed by atoms with Crippen LogP contribution in [0.5, 0.6) is 0 Å². The van der Waals surface area contributed by atoms with E-state index in [-0.39, 0.29) is 0 Å². The van der Waals surface area contributed by atoms with Crippen molar-refractivity contribution in [2.24, 2.45) is 11.8 Å². The quantitative estimate of drug-likeness (QED) is 0.616. The van der Waals surface area contributed by atoms with Gasteiger partial charge in [0.2, 0.25) is 0 Å². The van der Waals surface area contributed by atoms with E-state index in [0.717, 1.165) is 30.8 Å². The summed E-state index contributed by atoms with van der Waals surface area (Å²) < 4.78 is 5.94. The van der Waals surface area contributed by atoms with Gasteiger partial charge in [0.25, 0.3) is 0 Å². The highest BCUT2D eigenvalue weighted by Gasteiger charge is 2.21. The summed E-state index contributed by atoms with van der Waals surface area (Å²) in [6, 6.07) is 9.44. The second-order valence-electron chi connectivity index (χ2n) is 7.77. The Morgan fingerprint density at radius 1 is 1.04 bits per heavy atom. The largest absolute Gasteiger partial charge is 0.378 e. The van der Waals surface area contributed by atoms with Gasteiger partial charge in [-0.25, -0.2) is 0 Å². The third-order valence-electron chi connectivity index (χ3n) is 5.91. The molecule has 0 bridgehead atoms. The number of allylic oxidation sites excluding steroid dienone is 1. The SMILES string of the molecule is C=CC1CCC(c2ccc(CCC3CCC(C)CO3)cc2)CC1. The number of hydrogen-bond donors (Lipinski definition) is 0. The van der Waals surface area contributed by atoms with E-state index >= 15 is 0 Å². The average Bonchev–Trinajstić information content (AvgIpc) is 2.62. The van der Waals surface area contributed by atoms with Gasteiger partial charge in [-0.05, 0) is 80.2 Å². The van der Waals surface area contributed by atoms with Crippen LogP contribution in [0.4, 0.5) is 0 Å². The average molecular weight is 312 g/mol. The normalized spacial score (nSPS) is 31.7. The van der Waals surface area contributed by atoms with Gasteiger partial charge < -0.3 is 4.74 Å². The van der Waals surface area contributed by atoms with Gasteiger partial charge >= 0.3 is 0 Å². The van der Waals surface area contributed by atoms with Crippen LogP contribution >= 0.6 is 0 Å². The smallest absolute Gasteiger partial charge is 0.0578 e.